The Morgan fingerprint density at radius 3 is 2.58 bits per heavy atom. The highest BCUT2D eigenvalue weighted by atomic mass is 127. The van der Waals surface area contributed by atoms with Crippen molar-refractivity contribution >= 4 is 35.8 Å². The van der Waals surface area contributed by atoms with E-state index in [2.05, 4.69) is 56.3 Å². The number of likely N-dealkylation sites (tertiary alicyclic amines) is 1. The molecule has 1 atom stereocenters. The topological polar surface area (TPSA) is 59.0 Å². The summed E-state index contributed by atoms with van der Waals surface area (Å²) in [4.78, 5) is 16.5. The Balaban J connectivity index is 0.00000341. The zero-order valence-electron chi connectivity index (χ0n) is 19.6. The lowest BCUT2D eigenvalue weighted by molar-refractivity contribution is 0.159. The molecule has 176 valence electrons. The maximum Gasteiger partial charge on any atom is 0.191 e. The van der Waals surface area contributed by atoms with E-state index in [0.717, 1.165) is 70.1 Å². The minimum absolute atomic E-state index is 0. The van der Waals surface area contributed by atoms with Gasteiger partial charge < -0.3 is 25.3 Å². The number of halogens is 1. The zero-order valence-corrected chi connectivity index (χ0v) is 22.0. The number of pyridine rings is 1. The molecule has 0 bridgehead atoms. The second-order valence-electron chi connectivity index (χ2n) is 8.53. The van der Waals surface area contributed by atoms with Gasteiger partial charge in [-0.1, -0.05) is 19.4 Å². The highest BCUT2D eigenvalue weighted by molar-refractivity contribution is 14.0. The molecule has 1 aromatic heterocycles. The van der Waals surface area contributed by atoms with Crippen molar-refractivity contribution in [3.8, 4) is 0 Å². The van der Waals surface area contributed by atoms with Gasteiger partial charge in [0.2, 0.25) is 0 Å². The second kappa shape index (κ2) is 14.1. The maximum absolute atomic E-state index is 4.69. The van der Waals surface area contributed by atoms with E-state index in [0.29, 0.717) is 0 Å². The maximum atomic E-state index is 4.69. The lowest BCUT2D eigenvalue weighted by Crippen LogP contribution is -2.46. The molecule has 2 aliphatic rings. The summed E-state index contributed by atoms with van der Waals surface area (Å²) in [5.74, 6) is 1.95. The summed E-state index contributed by atoms with van der Waals surface area (Å²) in [7, 11) is 1.83. The number of aromatic nitrogens is 1. The van der Waals surface area contributed by atoms with Crippen LogP contribution in [0, 0.1) is 0 Å². The molecular formula is C23H42IN7. The van der Waals surface area contributed by atoms with Crippen LogP contribution in [0.15, 0.2) is 23.3 Å². The normalized spacial score (nSPS) is 20.9. The molecule has 3 rings (SSSR count). The molecular weight excluding hydrogens is 501 g/mol. The third-order valence-corrected chi connectivity index (χ3v) is 6.49. The average Bonchev–Trinajstić information content (AvgIpc) is 2.80. The fourth-order valence-corrected chi connectivity index (χ4v) is 4.39. The predicted octanol–water partition coefficient (Wildman–Crippen LogP) is 2.77. The highest BCUT2D eigenvalue weighted by Gasteiger charge is 2.17. The molecule has 0 spiro atoms. The molecule has 0 radical (unpaired) electrons. The lowest BCUT2D eigenvalue weighted by Gasteiger charge is -2.34. The van der Waals surface area contributed by atoms with Crippen LogP contribution in [0.4, 0.5) is 5.82 Å². The van der Waals surface area contributed by atoms with E-state index in [-0.39, 0.29) is 24.0 Å². The quantitative estimate of drug-likeness (QED) is 0.228. The summed E-state index contributed by atoms with van der Waals surface area (Å²) in [6.07, 6.45) is 7.21. The van der Waals surface area contributed by atoms with Crippen LogP contribution in [0.25, 0.3) is 0 Å². The molecule has 0 saturated carbocycles. The van der Waals surface area contributed by atoms with Crippen LogP contribution in [0.2, 0.25) is 0 Å². The molecule has 3 heterocycles. The van der Waals surface area contributed by atoms with E-state index in [9.17, 15) is 0 Å². The molecule has 1 aromatic rings. The second-order valence-corrected chi connectivity index (χ2v) is 8.53. The number of guanidine groups is 1. The number of hydrogen-bond donors (Lipinski definition) is 2. The van der Waals surface area contributed by atoms with Crippen LogP contribution in [0.3, 0.4) is 0 Å². The van der Waals surface area contributed by atoms with Crippen molar-refractivity contribution < 1.29 is 0 Å². The summed E-state index contributed by atoms with van der Waals surface area (Å²) in [5, 5.41) is 6.86. The largest absolute Gasteiger partial charge is 0.356 e. The van der Waals surface area contributed by atoms with E-state index >= 15 is 0 Å². The first-order valence-corrected chi connectivity index (χ1v) is 11.8. The minimum Gasteiger partial charge on any atom is -0.356 e. The molecule has 7 nitrogen and oxygen atoms in total. The van der Waals surface area contributed by atoms with Gasteiger partial charge >= 0.3 is 0 Å². The molecule has 0 aliphatic carbocycles. The number of aliphatic imine (C=N–C) groups is 1. The summed E-state index contributed by atoms with van der Waals surface area (Å²) in [6.45, 7) is 14.2. The Kier molecular flexibility index (Phi) is 11.9. The van der Waals surface area contributed by atoms with Crippen molar-refractivity contribution in [2.45, 2.75) is 52.1 Å². The van der Waals surface area contributed by atoms with Gasteiger partial charge in [0.1, 0.15) is 5.82 Å². The minimum atomic E-state index is 0. The third-order valence-electron chi connectivity index (χ3n) is 6.49. The highest BCUT2D eigenvalue weighted by Crippen LogP contribution is 2.16. The van der Waals surface area contributed by atoms with Crippen molar-refractivity contribution in [3.63, 3.8) is 0 Å². The van der Waals surface area contributed by atoms with Crippen LogP contribution in [-0.4, -0.2) is 86.2 Å². The molecule has 2 fully saturated rings. The van der Waals surface area contributed by atoms with Gasteiger partial charge in [0.15, 0.2) is 5.96 Å². The first-order chi connectivity index (χ1) is 14.7. The van der Waals surface area contributed by atoms with E-state index in [1.54, 1.807) is 0 Å². The predicted molar refractivity (Wildman–Crippen MR) is 142 cm³/mol. The Hall–Kier alpha value is -1.13. The molecule has 8 heteroatoms. The van der Waals surface area contributed by atoms with Gasteiger partial charge in [0.25, 0.3) is 0 Å². The van der Waals surface area contributed by atoms with Crippen LogP contribution in [0.5, 0.6) is 0 Å². The number of hydrogen-bond acceptors (Lipinski definition) is 5. The average molecular weight is 544 g/mol. The van der Waals surface area contributed by atoms with Gasteiger partial charge in [0, 0.05) is 65.1 Å². The molecule has 2 N–H and O–H groups in total. The number of piperidine rings is 1. The van der Waals surface area contributed by atoms with Gasteiger partial charge in [0.05, 0.1) is 0 Å². The molecule has 0 aromatic carbocycles. The van der Waals surface area contributed by atoms with Gasteiger partial charge in [-0.15, -0.1) is 24.0 Å². The Morgan fingerprint density at radius 1 is 1.13 bits per heavy atom. The fourth-order valence-electron chi connectivity index (χ4n) is 4.39. The number of likely N-dealkylation sites (N-methyl/N-ethyl adjacent to an activating group) is 1. The number of piperazine rings is 1. The van der Waals surface area contributed by atoms with Gasteiger partial charge in [-0.2, -0.15) is 0 Å². The first-order valence-electron chi connectivity index (χ1n) is 11.8. The number of rotatable bonds is 8. The number of nitrogens with zero attached hydrogens (tertiary/aromatic N) is 5. The zero-order chi connectivity index (χ0) is 21.2. The van der Waals surface area contributed by atoms with Crippen molar-refractivity contribution in [1.29, 1.82) is 0 Å². The number of anilines is 1. The molecule has 0 amide bonds. The Labute approximate surface area is 206 Å². The van der Waals surface area contributed by atoms with Gasteiger partial charge in [-0.05, 0) is 50.9 Å². The molecule has 31 heavy (non-hydrogen) atoms. The van der Waals surface area contributed by atoms with Crippen LogP contribution < -0.4 is 15.5 Å². The van der Waals surface area contributed by atoms with Gasteiger partial charge in [-0.25, -0.2) is 4.98 Å². The molecule has 2 aliphatic heterocycles. The van der Waals surface area contributed by atoms with Crippen molar-refractivity contribution in [2.24, 2.45) is 4.99 Å². The van der Waals surface area contributed by atoms with Crippen molar-refractivity contribution in [1.82, 2.24) is 25.4 Å². The Bertz CT molecular complexity index is 644. The van der Waals surface area contributed by atoms with E-state index in [1.807, 2.05) is 13.2 Å². The first kappa shape index (κ1) is 26.1. The fraction of sp³-hybridized carbons (Fsp3) is 0.739. The monoisotopic (exact) mass is 543 g/mol. The third kappa shape index (κ3) is 8.38. The van der Waals surface area contributed by atoms with E-state index in [1.165, 1.54) is 37.9 Å². The summed E-state index contributed by atoms with van der Waals surface area (Å²) < 4.78 is 0. The van der Waals surface area contributed by atoms with E-state index in [4.69, 9.17) is 4.98 Å². The SMILES string of the molecule is CCN1CCN(c2ccc(CNC(=NC)NCCCN3CCCCC3C)cn2)CC1.I. The smallest absolute Gasteiger partial charge is 0.191 e. The Morgan fingerprint density at radius 2 is 1.94 bits per heavy atom. The van der Waals surface area contributed by atoms with Crippen molar-refractivity contribution in [2.75, 3.05) is 64.3 Å². The van der Waals surface area contributed by atoms with Crippen LogP contribution in [0.1, 0.15) is 45.1 Å². The molecule has 2 saturated heterocycles. The molecule has 1 unspecified atom stereocenters. The standard InChI is InChI=1S/C23H41N7.HI/c1-4-28-14-16-30(17-15-28)22-10-9-21(18-26-22)19-27-23(24-3)25-11-7-13-29-12-6-5-8-20(29)2;/h9-10,18,20H,4-8,11-17,19H2,1-3H3,(H2,24,25,27);1H. The summed E-state index contributed by atoms with van der Waals surface area (Å²) >= 11 is 0. The van der Waals surface area contributed by atoms with E-state index < -0.39 is 0 Å². The van der Waals surface area contributed by atoms with Crippen LogP contribution in [-0.2, 0) is 6.54 Å². The summed E-state index contributed by atoms with van der Waals surface area (Å²) in [6, 6.07) is 5.06. The summed E-state index contributed by atoms with van der Waals surface area (Å²) in [5.41, 5.74) is 1.18. The van der Waals surface area contributed by atoms with Crippen molar-refractivity contribution in [3.05, 3.63) is 23.9 Å². The lowest BCUT2D eigenvalue weighted by atomic mass is 10.0. The number of nitrogens with one attached hydrogen (secondary N) is 2. The van der Waals surface area contributed by atoms with Crippen LogP contribution >= 0.6 is 24.0 Å². The van der Waals surface area contributed by atoms with Gasteiger partial charge in [-0.3, -0.25) is 4.99 Å².